The van der Waals surface area contributed by atoms with Crippen molar-refractivity contribution in [2.45, 2.75) is 0 Å². The molecule has 0 aliphatic heterocycles. The van der Waals surface area contributed by atoms with Crippen LogP contribution < -0.4 is 0 Å². The minimum atomic E-state index is -0.229. The van der Waals surface area contributed by atoms with E-state index < -0.39 is 0 Å². The normalized spacial score (nSPS) is 11.8. The summed E-state index contributed by atoms with van der Waals surface area (Å²) in [5.74, 6) is -0.229. The maximum atomic E-state index is 14.2. The molecule has 0 amide bonds. The van der Waals surface area contributed by atoms with Gasteiger partial charge in [0.05, 0.1) is 0 Å². The maximum Gasteiger partial charge on any atom is 0.131 e. The van der Waals surface area contributed by atoms with E-state index in [-0.39, 0.29) is 5.83 Å². The van der Waals surface area contributed by atoms with Crippen LogP contribution in [0.25, 0.3) is 22.7 Å². The van der Waals surface area contributed by atoms with Crippen LogP contribution in [0.15, 0.2) is 71.2 Å². The molecule has 0 aliphatic carbocycles. The summed E-state index contributed by atoms with van der Waals surface area (Å²) >= 11 is 3.35. The second-order valence-corrected chi connectivity index (χ2v) is 5.52. The standard InChI is InChI=1S/C18H12BrF/c19-17-9-7-15(8-10-17)18(20)12-13-5-6-14-3-1-2-4-16(14)11-13/h1-12H/b18-12+. The molecule has 0 spiro atoms. The summed E-state index contributed by atoms with van der Waals surface area (Å²) in [6.45, 7) is 0. The molecule has 3 aromatic carbocycles. The van der Waals surface area contributed by atoms with E-state index in [0.29, 0.717) is 5.56 Å². The van der Waals surface area contributed by atoms with Crippen molar-refractivity contribution in [3.05, 3.63) is 82.3 Å². The molecule has 0 unspecified atom stereocenters. The van der Waals surface area contributed by atoms with E-state index in [1.807, 2.05) is 54.6 Å². The molecule has 0 saturated heterocycles. The third-order valence-electron chi connectivity index (χ3n) is 3.19. The van der Waals surface area contributed by atoms with E-state index in [1.54, 1.807) is 18.2 Å². The monoisotopic (exact) mass is 326 g/mol. The Labute approximate surface area is 125 Å². The molecule has 3 aromatic rings. The molecule has 0 nitrogen and oxygen atoms in total. The van der Waals surface area contributed by atoms with E-state index >= 15 is 0 Å². The van der Waals surface area contributed by atoms with E-state index in [0.717, 1.165) is 20.8 Å². The number of halogens is 2. The Morgan fingerprint density at radius 1 is 0.850 bits per heavy atom. The molecule has 0 bridgehead atoms. The first-order chi connectivity index (χ1) is 9.72. The van der Waals surface area contributed by atoms with E-state index in [4.69, 9.17) is 0 Å². The van der Waals surface area contributed by atoms with Crippen molar-refractivity contribution >= 4 is 38.6 Å². The molecule has 0 radical (unpaired) electrons. The van der Waals surface area contributed by atoms with Gasteiger partial charge in [-0.3, -0.25) is 0 Å². The number of rotatable bonds is 2. The Morgan fingerprint density at radius 3 is 2.30 bits per heavy atom. The molecular formula is C18H12BrF. The van der Waals surface area contributed by atoms with Crippen LogP contribution in [-0.4, -0.2) is 0 Å². The van der Waals surface area contributed by atoms with Crippen LogP contribution in [0.3, 0.4) is 0 Å². The quantitative estimate of drug-likeness (QED) is 0.501. The van der Waals surface area contributed by atoms with Gasteiger partial charge in [-0.15, -0.1) is 0 Å². The zero-order valence-electron chi connectivity index (χ0n) is 10.7. The average Bonchev–Trinajstić information content (AvgIpc) is 2.48. The van der Waals surface area contributed by atoms with E-state index in [1.165, 1.54) is 0 Å². The Balaban J connectivity index is 1.98. The molecule has 0 aromatic heterocycles. The summed E-state index contributed by atoms with van der Waals surface area (Å²) in [5, 5.41) is 2.28. The van der Waals surface area contributed by atoms with Gasteiger partial charge in [0.15, 0.2) is 0 Å². The van der Waals surface area contributed by atoms with Gasteiger partial charge in [-0.25, -0.2) is 4.39 Å². The Morgan fingerprint density at radius 2 is 1.55 bits per heavy atom. The highest BCUT2D eigenvalue weighted by Crippen LogP contribution is 2.23. The molecule has 0 saturated carbocycles. The van der Waals surface area contributed by atoms with Crippen LogP contribution in [0.4, 0.5) is 4.39 Å². The number of hydrogen-bond acceptors (Lipinski definition) is 0. The summed E-state index contributed by atoms with van der Waals surface area (Å²) in [6.07, 6.45) is 1.57. The van der Waals surface area contributed by atoms with Crippen molar-refractivity contribution in [3.63, 3.8) is 0 Å². The molecule has 2 heteroatoms. The predicted octanol–water partition coefficient (Wildman–Crippen LogP) is 6.07. The van der Waals surface area contributed by atoms with Crippen LogP contribution in [0, 0.1) is 0 Å². The highest BCUT2D eigenvalue weighted by molar-refractivity contribution is 9.10. The average molecular weight is 327 g/mol. The summed E-state index contributed by atoms with van der Waals surface area (Å²) in [5.41, 5.74) is 1.45. The van der Waals surface area contributed by atoms with Gasteiger partial charge in [-0.2, -0.15) is 0 Å². The maximum absolute atomic E-state index is 14.2. The fourth-order valence-corrected chi connectivity index (χ4v) is 2.40. The lowest BCUT2D eigenvalue weighted by Gasteiger charge is -2.01. The lowest BCUT2D eigenvalue weighted by molar-refractivity contribution is 0.765. The lowest BCUT2D eigenvalue weighted by Crippen LogP contribution is -1.80. The highest BCUT2D eigenvalue weighted by Gasteiger charge is 2.01. The van der Waals surface area contributed by atoms with Crippen molar-refractivity contribution in [2.24, 2.45) is 0 Å². The van der Waals surface area contributed by atoms with Crippen LogP contribution in [0.2, 0.25) is 0 Å². The lowest BCUT2D eigenvalue weighted by atomic mass is 10.1. The number of benzene rings is 3. The molecular weight excluding hydrogens is 315 g/mol. The van der Waals surface area contributed by atoms with Crippen molar-refractivity contribution in [1.29, 1.82) is 0 Å². The summed E-state index contributed by atoms with van der Waals surface area (Å²) in [6, 6.07) is 21.2. The van der Waals surface area contributed by atoms with Gasteiger partial charge in [0.1, 0.15) is 5.83 Å². The fraction of sp³-hybridized carbons (Fsp3) is 0. The number of fused-ring (bicyclic) bond motifs is 1. The second-order valence-electron chi connectivity index (χ2n) is 4.61. The van der Waals surface area contributed by atoms with E-state index in [2.05, 4.69) is 15.9 Å². The summed E-state index contributed by atoms with van der Waals surface area (Å²) in [4.78, 5) is 0. The smallest absolute Gasteiger partial charge is 0.131 e. The van der Waals surface area contributed by atoms with Gasteiger partial charge in [0, 0.05) is 10.0 Å². The first-order valence-corrected chi connectivity index (χ1v) is 7.14. The molecule has 0 fully saturated rings. The van der Waals surface area contributed by atoms with Gasteiger partial charge in [-0.05, 0) is 40.6 Å². The van der Waals surface area contributed by atoms with Crippen LogP contribution in [0.5, 0.6) is 0 Å². The Hall–Kier alpha value is -1.93. The van der Waals surface area contributed by atoms with Crippen LogP contribution >= 0.6 is 15.9 Å². The van der Waals surface area contributed by atoms with Gasteiger partial charge >= 0.3 is 0 Å². The first kappa shape index (κ1) is 13.1. The van der Waals surface area contributed by atoms with Gasteiger partial charge in [0.25, 0.3) is 0 Å². The number of hydrogen-bond donors (Lipinski definition) is 0. The topological polar surface area (TPSA) is 0 Å². The largest absolute Gasteiger partial charge is 0.206 e. The molecule has 0 heterocycles. The third-order valence-corrected chi connectivity index (χ3v) is 3.72. The molecule has 0 atom stereocenters. The second kappa shape index (κ2) is 5.59. The minimum absolute atomic E-state index is 0.229. The first-order valence-electron chi connectivity index (χ1n) is 6.34. The highest BCUT2D eigenvalue weighted by atomic mass is 79.9. The molecule has 98 valence electrons. The minimum Gasteiger partial charge on any atom is -0.206 e. The van der Waals surface area contributed by atoms with Crippen LogP contribution in [-0.2, 0) is 0 Å². The molecule has 0 aliphatic rings. The van der Waals surface area contributed by atoms with Crippen LogP contribution in [0.1, 0.15) is 11.1 Å². The zero-order valence-corrected chi connectivity index (χ0v) is 12.3. The van der Waals surface area contributed by atoms with E-state index in [9.17, 15) is 4.39 Å². The molecule has 3 rings (SSSR count). The van der Waals surface area contributed by atoms with Crippen molar-refractivity contribution < 1.29 is 4.39 Å². The third kappa shape index (κ3) is 2.81. The van der Waals surface area contributed by atoms with Gasteiger partial charge < -0.3 is 0 Å². The zero-order chi connectivity index (χ0) is 13.9. The van der Waals surface area contributed by atoms with Crippen molar-refractivity contribution in [2.75, 3.05) is 0 Å². The SMILES string of the molecule is F/C(=C/c1ccc2ccccc2c1)c1ccc(Br)cc1. The molecule has 20 heavy (non-hydrogen) atoms. The molecule has 0 N–H and O–H groups in total. The Kier molecular flexibility index (Phi) is 3.66. The summed E-state index contributed by atoms with van der Waals surface area (Å²) < 4.78 is 15.1. The van der Waals surface area contributed by atoms with Gasteiger partial charge in [-0.1, -0.05) is 64.5 Å². The van der Waals surface area contributed by atoms with Gasteiger partial charge in [0.2, 0.25) is 0 Å². The predicted molar refractivity (Wildman–Crippen MR) is 87.1 cm³/mol. The van der Waals surface area contributed by atoms with Crippen molar-refractivity contribution in [3.8, 4) is 0 Å². The summed E-state index contributed by atoms with van der Waals surface area (Å²) in [7, 11) is 0. The fourth-order valence-electron chi connectivity index (χ4n) is 2.14. The van der Waals surface area contributed by atoms with Crippen molar-refractivity contribution in [1.82, 2.24) is 0 Å². The Bertz CT molecular complexity index is 773.